The second-order valence-electron chi connectivity index (χ2n) is 6.60. The topological polar surface area (TPSA) is 86.8 Å². The molecule has 3 heterocycles. The van der Waals surface area contributed by atoms with E-state index in [1.165, 1.54) is 10.7 Å². The maximum absolute atomic E-state index is 12.9. The SMILES string of the molecule is CC(C)c1c(-c2ccc(-c3ccccc3)nc2)[nH]c2c(C#N)cnn2c1=O. The van der Waals surface area contributed by atoms with Gasteiger partial charge in [-0.25, -0.2) is 0 Å². The Morgan fingerprint density at radius 1 is 1.07 bits per heavy atom. The molecule has 0 spiro atoms. The molecule has 0 aliphatic carbocycles. The van der Waals surface area contributed by atoms with Gasteiger partial charge in [-0.05, 0) is 18.1 Å². The molecule has 0 unspecified atom stereocenters. The summed E-state index contributed by atoms with van der Waals surface area (Å²) in [6, 6.07) is 15.8. The molecule has 0 saturated carbocycles. The van der Waals surface area contributed by atoms with Gasteiger partial charge in [0.05, 0.1) is 17.6 Å². The fraction of sp³-hybridized carbons (Fsp3) is 0.143. The number of H-pyrrole nitrogens is 1. The number of hydrogen-bond acceptors (Lipinski definition) is 4. The van der Waals surface area contributed by atoms with E-state index in [2.05, 4.69) is 21.1 Å². The molecule has 0 aliphatic heterocycles. The molecule has 0 radical (unpaired) electrons. The highest BCUT2D eigenvalue weighted by molar-refractivity contribution is 5.69. The Labute approximate surface area is 155 Å². The second-order valence-corrected chi connectivity index (χ2v) is 6.60. The third kappa shape index (κ3) is 2.79. The Morgan fingerprint density at radius 2 is 1.85 bits per heavy atom. The number of nitrogens with one attached hydrogen (secondary N) is 1. The molecule has 4 aromatic rings. The van der Waals surface area contributed by atoms with Crippen LogP contribution in [0.15, 0.2) is 59.7 Å². The first kappa shape index (κ1) is 16.7. The lowest BCUT2D eigenvalue weighted by Crippen LogP contribution is -2.22. The summed E-state index contributed by atoms with van der Waals surface area (Å²) in [5.41, 5.74) is 4.48. The number of hydrogen-bond donors (Lipinski definition) is 1. The first-order chi connectivity index (χ1) is 13.1. The summed E-state index contributed by atoms with van der Waals surface area (Å²) in [6.45, 7) is 3.92. The number of rotatable bonds is 3. The molecule has 6 heteroatoms. The van der Waals surface area contributed by atoms with Crippen LogP contribution < -0.4 is 5.56 Å². The van der Waals surface area contributed by atoms with E-state index in [1.807, 2.05) is 56.3 Å². The third-order valence-electron chi connectivity index (χ3n) is 4.52. The van der Waals surface area contributed by atoms with Crippen LogP contribution in [0.25, 0.3) is 28.2 Å². The molecule has 1 aromatic carbocycles. The molecule has 0 amide bonds. The molecule has 3 aromatic heterocycles. The summed E-state index contributed by atoms with van der Waals surface area (Å²) < 4.78 is 1.25. The van der Waals surface area contributed by atoms with Crippen LogP contribution in [0, 0.1) is 11.3 Å². The number of fused-ring (bicyclic) bond motifs is 1. The van der Waals surface area contributed by atoms with Gasteiger partial charge in [0.2, 0.25) is 0 Å². The number of nitriles is 1. The van der Waals surface area contributed by atoms with E-state index in [0.29, 0.717) is 22.5 Å². The van der Waals surface area contributed by atoms with Gasteiger partial charge in [-0.15, -0.1) is 0 Å². The summed E-state index contributed by atoms with van der Waals surface area (Å²) in [4.78, 5) is 20.7. The highest BCUT2D eigenvalue weighted by Crippen LogP contribution is 2.27. The molecule has 1 N–H and O–H groups in total. The molecule has 27 heavy (non-hydrogen) atoms. The molecular weight excluding hydrogens is 338 g/mol. The van der Waals surface area contributed by atoms with Crippen LogP contribution in [0.4, 0.5) is 0 Å². The summed E-state index contributed by atoms with van der Waals surface area (Å²) in [5.74, 6) is -0.0170. The van der Waals surface area contributed by atoms with Crippen LogP contribution in [0.3, 0.4) is 0 Å². The minimum Gasteiger partial charge on any atom is -0.338 e. The van der Waals surface area contributed by atoms with Gasteiger partial charge in [0.15, 0.2) is 5.65 Å². The zero-order valence-corrected chi connectivity index (χ0v) is 15.0. The van der Waals surface area contributed by atoms with E-state index in [-0.39, 0.29) is 11.5 Å². The molecule has 0 aliphatic rings. The Hall–Kier alpha value is -3.72. The molecular formula is C21H17N5O. The predicted molar refractivity (Wildman–Crippen MR) is 103 cm³/mol. The largest absolute Gasteiger partial charge is 0.338 e. The van der Waals surface area contributed by atoms with Crippen molar-refractivity contribution in [1.29, 1.82) is 5.26 Å². The highest BCUT2D eigenvalue weighted by atomic mass is 16.1. The van der Waals surface area contributed by atoms with Gasteiger partial charge in [0.25, 0.3) is 5.56 Å². The summed E-state index contributed by atoms with van der Waals surface area (Å²) in [6.07, 6.45) is 3.15. The highest BCUT2D eigenvalue weighted by Gasteiger charge is 2.19. The molecule has 0 saturated heterocycles. The van der Waals surface area contributed by atoms with Crippen LogP contribution in [0.1, 0.15) is 30.9 Å². The Morgan fingerprint density at radius 3 is 2.48 bits per heavy atom. The van der Waals surface area contributed by atoms with Crippen molar-refractivity contribution < 1.29 is 0 Å². The van der Waals surface area contributed by atoms with Gasteiger partial charge in [-0.3, -0.25) is 9.78 Å². The molecule has 0 atom stereocenters. The normalized spacial score (nSPS) is 11.0. The lowest BCUT2D eigenvalue weighted by molar-refractivity contribution is 0.797. The molecule has 132 valence electrons. The number of aromatic amines is 1. The first-order valence-electron chi connectivity index (χ1n) is 8.66. The van der Waals surface area contributed by atoms with Gasteiger partial charge in [-0.1, -0.05) is 44.2 Å². The predicted octanol–water partition coefficient (Wildman–Crippen LogP) is 3.75. The van der Waals surface area contributed by atoms with Crippen molar-refractivity contribution in [3.63, 3.8) is 0 Å². The van der Waals surface area contributed by atoms with Crippen molar-refractivity contribution in [3.8, 4) is 28.6 Å². The van der Waals surface area contributed by atoms with E-state index in [9.17, 15) is 10.1 Å². The maximum atomic E-state index is 12.9. The van der Waals surface area contributed by atoms with Gasteiger partial charge >= 0.3 is 0 Å². The zero-order chi connectivity index (χ0) is 19.0. The molecule has 6 nitrogen and oxygen atoms in total. The van der Waals surface area contributed by atoms with Gasteiger partial charge in [0.1, 0.15) is 11.6 Å². The zero-order valence-electron chi connectivity index (χ0n) is 15.0. The second kappa shape index (κ2) is 6.54. The van der Waals surface area contributed by atoms with Crippen molar-refractivity contribution in [2.75, 3.05) is 0 Å². The quantitative estimate of drug-likeness (QED) is 0.606. The maximum Gasteiger partial charge on any atom is 0.278 e. The average molecular weight is 355 g/mol. The Bertz CT molecular complexity index is 1210. The monoisotopic (exact) mass is 355 g/mol. The minimum absolute atomic E-state index is 0.0170. The number of aromatic nitrogens is 4. The van der Waals surface area contributed by atoms with Crippen LogP contribution in [-0.2, 0) is 0 Å². The summed E-state index contributed by atoms with van der Waals surface area (Å²) in [5, 5.41) is 13.3. The van der Waals surface area contributed by atoms with Crippen molar-refractivity contribution in [3.05, 3.63) is 76.3 Å². The Kier molecular flexibility index (Phi) is 4.05. The van der Waals surface area contributed by atoms with Crippen molar-refractivity contribution in [1.82, 2.24) is 19.6 Å². The van der Waals surface area contributed by atoms with Crippen molar-refractivity contribution >= 4 is 5.65 Å². The van der Waals surface area contributed by atoms with E-state index in [1.54, 1.807) is 6.20 Å². The fourth-order valence-electron chi connectivity index (χ4n) is 3.20. The smallest absolute Gasteiger partial charge is 0.278 e. The first-order valence-corrected chi connectivity index (χ1v) is 8.66. The van der Waals surface area contributed by atoms with Crippen LogP contribution in [0.2, 0.25) is 0 Å². The van der Waals surface area contributed by atoms with Gasteiger partial charge in [-0.2, -0.15) is 14.9 Å². The number of pyridine rings is 1. The van der Waals surface area contributed by atoms with Gasteiger partial charge < -0.3 is 4.98 Å². The lowest BCUT2D eigenvalue weighted by atomic mass is 9.98. The Balaban J connectivity index is 1.91. The number of nitrogens with zero attached hydrogens (tertiary/aromatic N) is 4. The molecule has 4 rings (SSSR count). The van der Waals surface area contributed by atoms with Crippen LogP contribution in [0.5, 0.6) is 0 Å². The van der Waals surface area contributed by atoms with Crippen LogP contribution in [-0.4, -0.2) is 19.6 Å². The standard InChI is InChI=1S/C21H17N5O/c1-13(2)18-19(25-20-16(10-22)12-24-26(20)21(18)27)15-8-9-17(23-11-15)14-6-4-3-5-7-14/h3-9,11-13,25H,1-2H3. The van der Waals surface area contributed by atoms with E-state index < -0.39 is 0 Å². The van der Waals surface area contributed by atoms with E-state index in [0.717, 1.165) is 16.8 Å². The summed E-state index contributed by atoms with van der Waals surface area (Å²) in [7, 11) is 0. The van der Waals surface area contributed by atoms with Gasteiger partial charge in [0, 0.05) is 22.9 Å². The fourth-order valence-corrected chi connectivity index (χ4v) is 3.20. The summed E-state index contributed by atoms with van der Waals surface area (Å²) >= 11 is 0. The van der Waals surface area contributed by atoms with E-state index >= 15 is 0 Å². The lowest BCUT2D eigenvalue weighted by Gasteiger charge is -2.13. The van der Waals surface area contributed by atoms with Crippen LogP contribution >= 0.6 is 0 Å². The van der Waals surface area contributed by atoms with Crippen molar-refractivity contribution in [2.24, 2.45) is 0 Å². The number of benzene rings is 1. The van der Waals surface area contributed by atoms with E-state index in [4.69, 9.17) is 0 Å². The molecule has 0 fully saturated rings. The van der Waals surface area contributed by atoms with Crippen molar-refractivity contribution in [2.45, 2.75) is 19.8 Å². The average Bonchev–Trinajstić information content (AvgIpc) is 3.12. The minimum atomic E-state index is -0.220. The molecule has 0 bridgehead atoms. The third-order valence-corrected chi connectivity index (χ3v) is 4.52.